The van der Waals surface area contributed by atoms with Crippen molar-refractivity contribution >= 4 is 11.3 Å². The molecule has 110 valence electrons. The number of hydrazine groups is 1. The molecule has 0 saturated heterocycles. The van der Waals surface area contributed by atoms with Gasteiger partial charge in [-0.1, -0.05) is 20.8 Å². The van der Waals surface area contributed by atoms with Crippen LogP contribution in [0.2, 0.25) is 0 Å². The molecule has 0 fully saturated rings. The van der Waals surface area contributed by atoms with Crippen molar-refractivity contribution < 1.29 is 4.74 Å². The van der Waals surface area contributed by atoms with E-state index in [0.717, 1.165) is 17.1 Å². The molecule has 1 aromatic rings. The minimum atomic E-state index is -0.308. The summed E-state index contributed by atoms with van der Waals surface area (Å²) in [6.07, 6.45) is 0.782. The molecule has 0 aliphatic carbocycles. The van der Waals surface area contributed by atoms with Crippen molar-refractivity contribution in [1.29, 1.82) is 0 Å². The lowest BCUT2D eigenvalue weighted by atomic mass is 9.93. The van der Waals surface area contributed by atoms with Gasteiger partial charge < -0.3 is 4.74 Å². The summed E-state index contributed by atoms with van der Waals surface area (Å²) in [7, 11) is 0. The summed E-state index contributed by atoms with van der Waals surface area (Å²) in [5.41, 5.74) is 3.79. The van der Waals surface area contributed by atoms with E-state index in [1.54, 1.807) is 11.3 Å². The van der Waals surface area contributed by atoms with E-state index >= 15 is 0 Å². The van der Waals surface area contributed by atoms with Gasteiger partial charge in [0.2, 0.25) is 0 Å². The zero-order chi connectivity index (χ0) is 14.7. The number of nitrogens with zero attached hydrogens (tertiary/aromatic N) is 1. The first-order valence-electron chi connectivity index (χ1n) is 6.75. The highest BCUT2D eigenvalue weighted by atomic mass is 32.1. The molecule has 19 heavy (non-hydrogen) atoms. The fourth-order valence-corrected chi connectivity index (χ4v) is 2.97. The standard InChI is InChI=1S/C14H27N3OS/c1-7-18-14(5,6)10(17-15)8-12-16-11(9-19-12)13(2,3)4/h9-10,17H,7-8,15H2,1-6H3. The van der Waals surface area contributed by atoms with Gasteiger partial charge in [0.1, 0.15) is 0 Å². The molecule has 0 aliphatic heterocycles. The van der Waals surface area contributed by atoms with E-state index in [-0.39, 0.29) is 17.1 Å². The van der Waals surface area contributed by atoms with E-state index in [1.807, 2.05) is 6.92 Å². The van der Waals surface area contributed by atoms with Crippen molar-refractivity contribution in [2.24, 2.45) is 5.84 Å². The number of aromatic nitrogens is 1. The summed E-state index contributed by atoms with van der Waals surface area (Å²) in [4.78, 5) is 4.71. The maximum atomic E-state index is 5.76. The molecule has 3 N–H and O–H groups in total. The summed E-state index contributed by atoms with van der Waals surface area (Å²) in [5, 5.41) is 3.23. The van der Waals surface area contributed by atoms with Crippen LogP contribution in [0.3, 0.4) is 0 Å². The number of thiazole rings is 1. The van der Waals surface area contributed by atoms with E-state index in [9.17, 15) is 0 Å². The van der Waals surface area contributed by atoms with Crippen LogP contribution in [0.15, 0.2) is 5.38 Å². The molecule has 1 rings (SSSR count). The summed E-state index contributed by atoms with van der Waals surface area (Å²) in [6, 6.07) is 0.0476. The van der Waals surface area contributed by atoms with Crippen molar-refractivity contribution in [2.75, 3.05) is 6.61 Å². The molecule has 0 bridgehead atoms. The van der Waals surface area contributed by atoms with Gasteiger partial charge in [-0.2, -0.15) is 0 Å². The Hall–Kier alpha value is -0.490. The number of nitrogens with one attached hydrogen (secondary N) is 1. The second kappa shape index (κ2) is 6.31. The van der Waals surface area contributed by atoms with Gasteiger partial charge in [-0.15, -0.1) is 11.3 Å². The number of hydrogen-bond acceptors (Lipinski definition) is 5. The van der Waals surface area contributed by atoms with Gasteiger partial charge in [-0.3, -0.25) is 11.3 Å². The first-order chi connectivity index (χ1) is 8.70. The third-order valence-electron chi connectivity index (χ3n) is 3.26. The van der Waals surface area contributed by atoms with Crippen LogP contribution in [0.25, 0.3) is 0 Å². The minimum absolute atomic E-state index is 0.0476. The molecule has 0 aliphatic rings. The zero-order valence-corrected chi connectivity index (χ0v) is 13.7. The second-order valence-corrected chi connectivity index (χ2v) is 7.28. The van der Waals surface area contributed by atoms with Crippen LogP contribution in [-0.2, 0) is 16.6 Å². The SMILES string of the molecule is CCOC(C)(C)C(Cc1nc(C(C)(C)C)cs1)NN. The number of nitrogens with two attached hydrogens (primary N) is 1. The van der Waals surface area contributed by atoms with Crippen molar-refractivity contribution in [3.05, 3.63) is 16.1 Å². The molecule has 1 aromatic heterocycles. The maximum Gasteiger partial charge on any atom is 0.0945 e. The lowest BCUT2D eigenvalue weighted by Gasteiger charge is -2.33. The van der Waals surface area contributed by atoms with Crippen LogP contribution in [0, 0.1) is 0 Å². The molecule has 0 radical (unpaired) electrons. The smallest absolute Gasteiger partial charge is 0.0945 e. The van der Waals surface area contributed by atoms with Crippen LogP contribution < -0.4 is 11.3 Å². The molecule has 1 unspecified atom stereocenters. The molecule has 0 amide bonds. The highest BCUT2D eigenvalue weighted by Crippen LogP contribution is 2.26. The highest BCUT2D eigenvalue weighted by molar-refractivity contribution is 7.09. The van der Waals surface area contributed by atoms with E-state index in [1.165, 1.54) is 0 Å². The first-order valence-corrected chi connectivity index (χ1v) is 7.63. The fourth-order valence-electron chi connectivity index (χ4n) is 1.90. The maximum absolute atomic E-state index is 5.76. The molecular weight excluding hydrogens is 258 g/mol. The Morgan fingerprint density at radius 2 is 2.00 bits per heavy atom. The molecule has 0 spiro atoms. The average molecular weight is 285 g/mol. The van der Waals surface area contributed by atoms with E-state index < -0.39 is 0 Å². The normalized spacial score (nSPS) is 14.7. The molecule has 0 aromatic carbocycles. The summed E-state index contributed by atoms with van der Waals surface area (Å²) < 4.78 is 5.76. The summed E-state index contributed by atoms with van der Waals surface area (Å²) >= 11 is 1.69. The first kappa shape index (κ1) is 16.6. The predicted octanol–water partition coefficient (Wildman–Crippen LogP) is 2.63. The second-order valence-electron chi connectivity index (χ2n) is 6.34. The Balaban J connectivity index is 2.79. The van der Waals surface area contributed by atoms with Gasteiger partial charge in [0.15, 0.2) is 0 Å². The molecule has 4 nitrogen and oxygen atoms in total. The monoisotopic (exact) mass is 285 g/mol. The van der Waals surface area contributed by atoms with Gasteiger partial charge in [-0.25, -0.2) is 4.98 Å². The zero-order valence-electron chi connectivity index (χ0n) is 12.9. The Morgan fingerprint density at radius 1 is 1.37 bits per heavy atom. The summed E-state index contributed by atoms with van der Waals surface area (Å²) in [6.45, 7) is 13.3. The van der Waals surface area contributed by atoms with E-state index in [2.05, 4.69) is 45.4 Å². The van der Waals surface area contributed by atoms with E-state index in [4.69, 9.17) is 15.6 Å². The molecule has 5 heteroatoms. The van der Waals surface area contributed by atoms with Gasteiger partial charge >= 0.3 is 0 Å². The molecular formula is C14H27N3OS. The van der Waals surface area contributed by atoms with Gasteiger partial charge in [-0.05, 0) is 20.8 Å². The van der Waals surface area contributed by atoms with Crippen LogP contribution in [-0.4, -0.2) is 23.2 Å². The molecule has 1 atom stereocenters. The lowest BCUT2D eigenvalue weighted by Crippen LogP contribution is -2.52. The van der Waals surface area contributed by atoms with Crippen molar-refractivity contribution in [2.45, 2.75) is 65.0 Å². The largest absolute Gasteiger partial charge is 0.374 e. The Morgan fingerprint density at radius 3 is 2.42 bits per heavy atom. The van der Waals surface area contributed by atoms with Crippen molar-refractivity contribution in [3.8, 4) is 0 Å². The fraction of sp³-hybridized carbons (Fsp3) is 0.786. The Kier molecular flexibility index (Phi) is 5.50. The Bertz CT molecular complexity index is 396. The quantitative estimate of drug-likeness (QED) is 0.623. The lowest BCUT2D eigenvalue weighted by molar-refractivity contribution is -0.0381. The van der Waals surface area contributed by atoms with Crippen molar-refractivity contribution in [3.63, 3.8) is 0 Å². The topological polar surface area (TPSA) is 60.2 Å². The summed E-state index contributed by atoms with van der Waals surface area (Å²) in [5.74, 6) is 5.68. The van der Waals surface area contributed by atoms with Crippen LogP contribution >= 0.6 is 11.3 Å². The van der Waals surface area contributed by atoms with Crippen molar-refractivity contribution in [1.82, 2.24) is 10.4 Å². The number of hydrogen-bond donors (Lipinski definition) is 2. The third-order valence-corrected chi connectivity index (χ3v) is 4.13. The Labute approximate surface area is 120 Å². The van der Waals surface area contributed by atoms with Crippen LogP contribution in [0.4, 0.5) is 0 Å². The van der Waals surface area contributed by atoms with Gasteiger partial charge in [0, 0.05) is 23.8 Å². The third kappa shape index (κ3) is 4.53. The van der Waals surface area contributed by atoms with Crippen LogP contribution in [0.5, 0.6) is 0 Å². The van der Waals surface area contributed by atoms with E-state index in [0.29, 0.717) is 6.61 Å². The number of ether oxygens (including phenoxy) is 1. The van der Waals surface area contributed by atoms with Gasteiger partial charge in [0.05, 0.1) is 22.3 Å². The van der Waals surface area contributed by atoms with Crippen LogP contribution in [0.1, 0.15) is 52.2 Å². The molecule has 1 heterocycles. The number of rotatable bonds is 6. The average Bonchev–Trinajstić information content (AvgIpc) is 2.73. The minimum Gasteiger partial charge on any atom is -0.374 e. The molecule has 0 saturated carbocycles. The highest BCUT2D eigenvalue weighted by Gasteiger charge is 2.30. The van der Waals surface area contributed by atoms with Gasteiger partial charge in [0.25, 0.3) is 0 Å². The predicted molar refractivity (Wildman–Crippen MR) is 81.3 cm³/mol.